The Morgan fingerprint density at radius 2 is 2.00 bits per heavy atom. The van der Waals surface area contributed by atoms with Crippen LogP contribution in [0, 0.1) is 11.7 Å². The van der Waals surface area contributed by atoms with Crippen molar-refractivity contribution in [2.24, 2.45) is 11.7 Å². The molecular weight excluding hydrogens is 335 g/mol. The van der Waals surface area contributed by atoms with Crippen molar-refractivity contribution in [1.82, 2.24) is 19.9 Å². The highest BCUT2D eigenvalue weighted by Crippen LogP contribution is 2.43. The van der Waals surface area contributed by atoms with Gasteiger partial charge in [-0.1, -0.05) is 0 Å². The minimum atomic E-state index is -0.538. The van der Waals surface area contributed by atoms with Crippen LogP contribution in [0.1, 0.15) is 12.8 Å². The van der Waals surface area contributed by atoms with Gasteiger partial charge in [0.15, 0.2) is 6.35 Å². The van der Waals surface area contributed by atoms with Gasteiger partial charge in [0.2, 0.25) is 0 Å². The highest BCUT2D eigenvalue weighted by Gasteiger charge is 2.54. The van der Waals surface area contributed by atoms with Crippen LogP contribution in [0.15, 0.2) is 30.9 Å². The number of hydrogen-bond donors (Lipinski definition) is 1. The molecule has 0 radical (unpaired) electrons. The maximum absolute atomic E-state index is 13.5. The predicted molar refractivity (Wildman–Crippen MR) is 93.5 cm³/mol. The van der Waals surface area contributed by atoms with Crippen molar-refractivity contribution < 1.29 is 9.13 Å². The smallest absolute Gasteiger partial charge is 0.186 e. The Hall–Kier alpha value is -2.16. The molecule has 0 amide bonds. The van der Waals surface area contributed by atoms with Gasteiger partial charge in [-0.3, -0.25) is 10.7 Å². The van der Waals surface area contributed by atoms with Gasteiger partial charge in [-0.15, -0.1) is 0 Å². The number of piperidine rings is 3. The van der Waals surface area contributed by atoms with Gasteiger partial charge in [0, 0.05) is 24.4 Å². The number of aromatic nitrogens is 3. The Bertz CT molecular complexity index is 827. The van der Waals surface area contributed by atoms with Gasteiger partial charge < -0.3 is 14.5 Å². The van der Waals surface area contributed by atoms with Gasteiger partial charge >= 0.3 is 0 Å². The van der Waals surface area contributed by atoms with Crippen molar-refractivity contribution in [3.05, 3.63) is 36.7 Å². The van der Waals surface area contributed by atoms with E-state index in [1.54, 1.807) is 6.20 Å². The molecule has 0 aliphatic carbocycles. The maximum Gasteiger partial charge on any atom is 0.186 e. The Kier molecular flexibility index (Phi) is 3.66. The largest absolute Gasteiger partial charge is 0.335 e. The van der Waals surface area contributed by atoms with E-state index < -0.39 is 12.2 Å². The topological polar surface area (TPSA) is 80.4 Å². The molecule has 6 heterocycles. The molecule has 26 heavy (non-hydrogen) atoms. The van der Waals surface area contributed by atoms with E-state index in [0.29, 0.717) is 29.5 Å². The molecule has 4 aliphatic heterocycles. The molecule has 2 N–H and O–H groups in total. The van der Waals surface area contributed by atoms with E-state index in [0.717, 1.165) is 32.5 Å². The van der Waals surface area contributed by atoms with Crippen molar-refractivity contribution in [3.8, 4) is 11.3 Å². The van der Waals surface area contributed by atoms with Crippen LogP contribution in [0.25, 0.3) is 11.3 Å². The lowest BCUT2D eigenvalue weighted by Gasteiger charge is -2.50. The Balaban J connectivity index is 1.44. The highest BCUT2D eigenvalue weighted by molar-refractivity contribution is 5.62. The number of pyridine rings is 1. The fourth-order valence-corrected chi connectivity index (χ4v) is 4.58. The first-order valence-electron chi connectivity index (χ1n) is 8.98. The Morgan fingerprint density at radius 3 is 2.73 bits per heavy atom. The molecule has 2 atom stereocenters. The van der Waals surface area contributed by atoms with Crippen molar-refractivity contribution in [2.45, 2.75) is 24.8 Å². The molecule has 0 saturated carbocycles. The van der Waals surface area contributed by atoms with Crippen LogP contribution in [0.3, 0.4) is 0 Å². The lowest BCUT2D eigenvalue weighted by Crippen LogP contribution is -2.61. The van der Waals surface area contributed by atoms with E-state index in [-0.39, 0.29) is 5.60 Å². The maximum atomic E-state index is 13.5. The molecular formula is C18H21FN6O. The molecule has 2 unspecified atom stereocenters. The molecule has 0 aromatic carbocycles. The fraction of sp³-hybridized carbons (Fsp3) is 0.500. The fourth-order valence-electron chi connectivity index (χ4n) is 4.58. The third-order valence-electron chi connectivity index (χ3n) is 5.87. The SMILES string of the molecule is NC1OC2(CN3CCC2CC3)CN1c1cc(-c2cncc(F)c2)ncn1. The van der Waals surface area contributed by atoms with E-state index in [4.69, 9.17) is 10.5 Å². The summed E-state index contributed by atoms with van der Waals surface area (Å²) in [5, 5.41) is 0. The first kappa shape index (κ1) is 16.0. The quantitative estimate of drug-likeness (QED) is 0.866. The number of ether oxygens (including phenoxy) is 1. The second-order valence-corrected chi connectivity index (χ2v) is 7.40. The molecule has 2 bridgehead atoms. The Morgan fingerprint density at radius 1 is 1.15 bits per heavy atom. The Labute approximate surface area is 151 Å². The average molecular weight is 356 g/mol. The first-order chi connectivity index (χ1) is 12.6. The second-order valence-electron chi connectivity index (χ2n) is 7.40. The average Bonchev–Trinajstić information content (AvgIpc) is 2.98. The van der Waals surface area contributed by atoms with Crippen LogP contribution in [0.2, 0.25) is 0 Å². The van der Waals surface area contributed by atoms with Gasteiger partial charge in [0.1, 0.15) is 23.6 Å². The zero-order chi connectivity index (χ0) is 17.7. The standard InChI is InChI=1S/C18H21FN6O/c19-14-5-12(7-21-8-14)15-6-16(23-11-22-15)25-10-18(26-17(25)20)9-24-3-1-13(18)2-4-24/h5-8,11,13,17H,1-4,9-10,20H2. The second kappa shape index (κ2) is 5.94. The monoisotopic (exact) mass is 356 g/mol. The van der Waals surface area contributed by atoms with Gasteiger partial charge in [0.25, 0.3) is 0 Å². The molecule has 4 aliphatic rings. The third kappa shape index (κ3) is 2.56. The number of halogens is 1. The van der Waals surface area contributed by atoms with E-state index in [9.17, 15) is 4.39 Å². The summed E-state index contributed by atoms with van der Waals surface area (Å²) in [6.45, 7) is 3.94. The van der Waals surface area contributed by atoms with Crippen molar-refractivity contribution in [3.63, 3.8) is 0 Å². The number of anilines is 1. The number of nitrogens with two attached hydrogens (primary N) is 1. The zero-order valence-electron chi connectivity index (χ0n) is 14.4. The van der Waals surface area contributed by atoms with Crippen molar-refractivity contribution in [1.29, 1.82) is 0 Å². The summed E-state index contributed by atoms with van der Waals surface area (Å²) in [6.07, 6.45) is 6.01. The van der Waals surface area contributed by atoms with Gasteiger partial charge in [0.05, 0.1) is 18.4 Å². The molecule has 2 aromatic heterocycles. The summed E-state index contributed by atoms with van der Waals surface area (Å²) < 4.78 is 19.8. The number of nitrogens with zero attached hydrogens (tertiary/aromatic N) is 5. The van der Waals surface area contributed by atoms with Crippen LogP contribution in [0.5, 0.6) is 0 Å². The molecule has 8 heteroatoms. The number of fused-ring (bicyclic) bond motifs is 2. The summed E-state index contributed by atoms with van der Waals surface area (Å²) in [6, 6.07) is 3.23. The molecule has 136 valence electrons. The zero-order valence-corrected chi connectivity index (χ0v) is 14.4. The predicted octanol–water partition coefficient (Wildman–Crippen LogP) is 1.22. The van der Waals surface area contributed by atoms with Crippen LogP contribution < -0.4 is 10.6 Å². The molecule has 7 nitrogen and oxygen atoms in total. The molecule has 1 spiro atoms. The minimum absolute atomic E-state index is 0.221. The highest BCUT2D eigenvalue weighted by atomic mass is 19.1. The summed E-state index contributed by atoms with van der Waals surface area (Å²) >= 11 is 0. The lowest BCUT2D eigenvalue weighted by atomic mass is 9.75. The lowest BCUT2D eigenvalue weighted by molar-refractivity contribution is -0.137. The van der Waals surface area contributed by atoms with Gasteiger partial charge in [-0.05, 0) is 37.9 Å². The summed E-state index contributed by atoms with van der Waals surface area (Å²) in [5.41, 5.74) is 7.32. The van der Waals surface area contributed by atoms with Gasteiger partial charge in [-0.25, -0.2) is 14.4 Å². The third-order valence-corrected chi connectivity index (χ3v) is 5.87. The molecule has 4 fully saturated rings. The van der Waals surface area contributed by atoms with Crippen LogP contribution in [0.4, 0.5) is 10.2 Å². The number of hydrogen-bond acceptors (Lipinski definition) is 7. The summed E-state index contributed by atoms with van der Waals surface area (Å²) in [5.74, 6) is 0.840. The summed E-state index contributed by atoms with van der Waals surface area (Å²) in [7, 11) is 0. The summed E-state index contributed by atoms with van der Waals surface area (Å²) in [4.78, 5) is 17.0. The molecule has 6 rings (SSSR count). The van der Waals surface area contributed by atoms with Crippen LogP contribution in [-0.2, 0) is 4.74 Å². The van der Waals surface area contributed by atoms with Crippen molar-refractivity contribution >= 4 is 5.82 Å². The minimum Gasteiger partial charge on any atom is -0.335 e. The molecule has 4 saturated heterocycles. The van der Waals surface area contributed by atoms with E-state index in [1.807, 2.05) is 11.0 Å². The van der Waals surface area contributed by atoms with E-state index >= 15 is 0 Å². The van der Waals surface area contributed by atoms with Crippen LogP contribution >= 0.6 is 0 Å². The van der Waals surface area contributed by atoms with Gasteiger partial charge in [-0.2, -0.15) is 0 Å². The van der Waals surface area contributed by atoms with Crippen LogP contribution in [-0.4, -0.2) is 58.0 Å². The number of rotatable bonds is 2. The van der Waals surface area contributed by atoms with E-state index in [2.05, 4.69) is 19.9 Å². The normalized spacial score (nSPS) is 33.2. The van der Waals surface area contributed by atoms with E-state index in [1.165, 1.54) is 18.6 Å². The van der Waals surface area contributed by atoms with Crippen molar-refractivity contribution in [2.75, 3.05) is 31.1 Å². The first-order valence-corrected chi connectivity index (χ1v) is 8.98. The molecule has 2 aromatic rings.